The molecule has 1 saturated carbocycles. The van der Waals surface area contributed by atoms with Crippen LogP contribution in [0.4, 0.5) is 0 Å². The lowest BCUT2D eigenvalue weighted by atomic mass is 9.71. The molecule has 0 radical (unpaired) electrons. The molecule has 0 aromatic heterocycles. The lowest BCUT2D eigenvalue weighted by molar-refractivity contribution is -0.123. The number of hydrogen-bond acceptors (Lipinski definition) is 5. The van der Waals surface area contributed by atoms with Crippen molar-refractivity contribution in [3.05, 3.63) is 23.3 Å². The van der Waals surface area contributed by atoms with Crippen molar-refractivity contribution in [3.63, 3.8) is 0 Å². The highest BCUT2D eigenvalue weighted by Crippen LogP contribution is 2.51. The normalized spacial score (nSPS) is 22.9. The first-order valence-electron chi connectivity index (χ1n) is 10.6. The first-order valence-corrected chi connectivity index (χ1v) is 10.6. The maximum absolute atomic E-state index is 12.5. The van der Waals surface area contributed by atoms with E-state index in [0.717, 1.165) is 24.5 Å². The number of carbonyl (C=O) groups is 1. The number of carbonyl (C=O) groups excluding carboxylic acids is 1. The zero-order chi connectivity index (χ0) is 19.6. The molecule has 4 rings (SSSR count). The summed E-state index contributed by atoms with van der Waals surface area (Å²) in [5, 5.41) is 3.03. The smallest absolute Gasteiger partial charge is 0.234 e. The van der Waals surface area contributed by atoms with E-state index >= 15 is 0 Å². The molecule has 0 bridgehead atoms. The van der Waals surface area contributed by atoms with Crippen LogP contribution >= 0.6 is 0 Å². The largest absolute Gasteiger partial charge is 0.486 e. The van der Waals surface area contributed by atoms with Crippen molar-refractivity contribution in [3.8, 4) is 11.5 Å². The van der Waals surface area contributed by atoms with E-state index in [1.165, 1.54) is 36.8 Å². The van der Waals surface area contributed by atoms with Gasteiger partial charge in [0, 0.05) is 38.3 Å². The second-order valence-corrected chi connectivity index (χ2v) is 8.35. The summed E-state index contributed by atoms with van der Waals surface area (Å²) in [4.78, 5) is 14.9. The Balaban J connectivity index is 1.56. The van der Waals surface area contributed by atoms with Crippen molar-refractivity contribution >= 4 is 5.91 Å². The maximum Gasteiger partial charge on any atom is 0.234 e. The number of amides is 1. The minimum atomic E-state index is 0.0945. The highest BCUT2D eigenvalue weighted by molar-refractivity contribution is 5.78. The number of methoxy groups -OCH3 is 1. The fourth-order valence-electron chi connectivity index (χ4n) is 5.07. The van der Waals surface area contributed by atoms with Crippen molar-refractivity contribution < 1.29 is 19.0 Å². The molecule has 154 valence electrons. The second-order valence-electron chi connectivity index (χ2n) is 8.35. The molecule has 6 heteroatoms. The molecule has 1 aromatic carbocycles. The predicted octanol–water partition coefficient (Wildman–Crippen LogP) is 2.80. The fourth-order valence-corrected chi connectivity index (χ4v) is 5.07. The Morgan fingerprint density at radius 1 is 1.25 bits per heavy atom. The van der Waals surface area contributed by atoms with Crippen molar-refractivity contribution in [2.75, 3.05) is 46.6 Å². The molecule has 0 unspecified atom stereocenters. The van der Waals surface area contributed by atoms with Gasteiger partial charge in [-0.25, -0.2) is 0 Å². The minimum Gasteiger partial charge on any atom is -0.486 e. The summed E-state index contributed by atoms with van der Waals surface area (Å²) in [6.45, 7) is 6.12. The molecular formula is C22H32N2O4. The molecule has 1 amide bonds. The van der Waals surface area contributed by atoms with Gasteiger partial charge in [0.1, 0.15) is 13.2 Å². The topological polar surface area (TPSA) is 60.0 Å². The Morgan fingerprint density at radius 2 is 1.96 bits per heavy atom. The lowest BCUT2D eigenvalue weighted by Crippen LogP contribution is -2.49. The Labute approximate surface area is 167 Å². The molecule has 3 aliphatic rings. The summed E-state index contributed by atoms with van der Waals surface area (Å²) in [5.74, 6) is 1.82. The Morgan fingerprint density at radius 3 is 2.68 bits per heavy atom. The van der Waals surface area contributed by atoms with Crippen molar-refractivity contribution in [1.29, 1.82) is 0 Å². The van der Waals surface area contributed by atoms with E-state index in [4.69, 9.17) is 14.2 Å². The van der Waals surface area contributed by atoms with Crippen LogP contribution in [0.2, 0.25) is 0 Å². The number of hydrogen-bond donors (Lipinski definition) is 1. The first kappa shape index (κ1) is 19.5. The lowest BCUT2D eigenvalue weighted by Gasteiger charge is -2.46. The predicted molar refractivity (Wildman–Crippen MR) is 107 cm³/mol. The third-order valence-corrected chi connectivity index (χ3v) is 6.54. The number of ether oxygens (including phenoxy) is 3. The van der Waals surface area contributed by atoms with E-state index in [1.807, 2.05) is 0 Å². The van der Waals surface area contributed by atoms with Gasteiger partial charge >= 0.3 is 0 Å². The van der Waals surface area contributed by atoms with Crippen LogP contribution in [0.3, 0.4) is 0 Å². The van der Waals surface area contributed by atoms with E-state index in [9.17, 15) is 4.79 Å². The molecule has 2 heterocycles. The molecule has 1 atom stereocenters. The highest BCUT2D eigenvalue weighted by Gasteiger charge is 2.45. The van der Waals surface area contributed by atoms with E-state index in [1.54, 1.807) is 7.11 Å². The van der Waals surface area contributed by atoms with Gasteiger partial charge in [-0.3, -0.25) is 9.69 Å². The van der Waals surface area contributed by atoms with E-state index in [-0.39, 0.29) is 17.4 Å². The highest BCUT2D eigenvalue weighted by atomic mass is 16.6. The van der Waals surface area contributed by atoms with Crippen LogP contribution in [0.15, 0.2) is 12.1 Å². The first-order chi connectivity index (χ1) is 13.6. The van der Waals surface area contributed by atoms with Crippen LogP contribution in [-0.2, 0) is 14.9 Å². The molecule has 1 aliphatic carbocycles. The SMILES string of the molecule is COCCCNC(=O)CN1CC2(CCCC2)c2cc3c(cc2[C@@H]1C)OCCO3. The van der Waals surface area contributed by atoms with E-state index in [2.05, 4.69) is 29.3 Å². The monoisotopic (exact) mass is 388 g/mol. The van der Waals surface area contributed by atoms with Gasteiger partial charge in [0.15, 0.2) is 11.5 Å². The third kappa shape index (κ3) is 3.72. The molecular weight excluding hydrogens is 356 g/mol. The van der Waals surface area contributed by atoms with Crippen LogP contribution in [-0.4, -0.2) is 57.4 Å². The van der Waals surface area contributed by atoms with E-state index in [0.29, 0.717) is 32.9 Å². The van der Waals surface area contributed by atoms with Crippen LogP contribution in [0.25, 0.3) is 0 Å². The van der Waals surface area contributed by atoms with Crippen molar-refractivity contribution in [1.82, 2.24) is 10.2 Å². The standard InChI is InChI=1S/C22H32N2O4/c1-16-17-12-19-20(28-11-10-27-19)13-18(17)22(6-3-4-7-22)15-24(16)14-21(25)23-8-5-9-26-2/h12-13,16H,3-11,14-15H2,1-2H3,(H,23,25)/t16-/m0/s1. The fraction of sp³-hybridized carbons (Fsp3) is 0.682. The summed E-state index contributed by atoms with van der Waals surface area (Å²) in [6, 6.07) is 4.58. The summed E-state index contributed by atoms with van der Waals surface area (Å²) in [6.07, 6.45) is 5.70. The van der Waals surface area contributed by atoms with Crippen molar-refractivity contribution in [2.45, 2.75) is 50.5 Å². The van der Waals surface area contributed by atoms with Gasteiger partial charge in [0.05, 0.1) is 6.54 Å². The zero-order valence-corrected chi connectivity index (χ0v) is 17.1. The molecule has 1 N–H and O–H groups in total. The zero-order valence-electron chi connectivity index (χ0n) is 17.1. The van der Waals surface area contributed by atoms with Gasteiger partial charge in [0.2, 0.25) is 5.91 Å². The Bertz CT molecular complexity index is 715. The number of nitrogens with zero attached hydrogens (tertiary/aromatic N) is 1. The summed E-state index contributed by atoms with van der Waals surface area (Å²) in [7, 11) is 1.68. The summed E-state index contributed by atoms with van der Waals surface area (Å²) >= 11 is 0. The van der Waals surface area contributed by atoms with Crippen LogP contribution in [0, 0.1) is 0 Å². The van der Waals surface area contributed by atoms with Gasteiger partial charge in [-0.15, -0.1) is 0 Å². The molecule has 6 nitrogen and oxygen atoms in total. The van der Waals surface area contributed by atoms with Gasteiger partial charge < -0.3 is 19.5 Å². The van der Waals surface area contributed by atoms with Crippen molar-refractivity contribution in [2.24, 2.45) is 0 Å². The Hall–Kier alpha value is -1.79. The number of fused-ring (bicyclic) bond motifs is 3. The molecule has 2 aliphatic heterocycles. The van der Waals surface area contributed by atoms with Gasteiger partial charge in [-0.1, -0.05) is 12.8 Å². The number of benzene rings is 1. The quantitative estimate of drug-likeness (QED) is 0.760. The van der Waals surface area contributed by atoms with E-state index < -0.39 is 0 Å². The van der Waals surface area contributed by atoms with Crippen LogP contribution in [0.5, 0.6) is 11.5 Å². The average molecular weight is 389 g/mol. The molecule has 28 heavy (non-hydrogen) atoms. The maximum atomic E-state index is 12.5. The molecule has 1 fully saturated rings. The molecule has 0 saturated heterocycles. The molecule has 1 spiro atoms. The van der Waals surface area contributed by atoms with Gasteiger partial charge in [-0.2, -0.15) is 0 Å². The minimum absolute atomic E-state index is 0.0945. The van der Waals surface area contributed by atoms with Gasteiger partial charge in [-0.05, 0) is 49.4 Å². The molecule has 1 aromatic rings. The summed E-state index contributed by atoms with van der Waals surface area (Å²) < 4.78 is 16.8. The van der Waals surface area contributed by atoms with Gasteiger partial charge in [0.25, 0.3) is 0 Å². The average Bonchev–Trinajstić information content (AvgIpc) is 3.17. The second kappa shape index (κ2) is 8.29. The summed E-state index contributed by atoms with van der Waals surface area (Å²) in [5.41, 5.74) is 2.84. The number of rotatable bonds is 6. The third-order valence-electron chi connectivity index (χ3n) is 6.54. The Kier molecular flexibility index (Phi) is 5.78. The van der Waals surface area contributed by atoms with Crippen LogP contribution < -0.4 is 14.8 Å². The van der Waals surface area contributed by atoms with Crippen LogP contribution in [0.1, 0.15) is 56.2 Å². The number of nitrogens with one attached hydrogen (secondary N) is 1.